The monoisotopic (exact) mass is 199 g/mol. The number of hydrogen-bond donors (Lipinski definition) is 1. The third kappa shape index (κ3) is 3.06. The zero-order chi connectivity index (χ0) is 9.68. The van der Waals surface area contributed by atoms with Gasteiger partial charge >= 0.3 is 0 Å². The van der Waals surface area contributed by atoms with Crippen LogP contribution in [-0.2, 0) is 13.0 Å². The Morgan fingerprint density at radius 3 is 3.00 bits per heavy atom. The molecule has 13 heavy (non-hydrogen) atoms. The molecule has 0 radical (unpaired) electrons. The molecule has 0 aliphatic heterocycles. The van der Waals surface area contributed by atoms with E-state index in [9.17, 15) is 0 Å². The first-order valence-electron chi connectivity index (χ1n) is 4.27. The molecule has 0 aliphatic rings. The SMILES string of the molecule is CCn1nnnc1CCCC(N)=S. The van der Waals surface area contributed by atoms with Crippen LogP contribution in [0.2, 0.25) is 0 Å². The Bertz CT molecular complexity index is 282. The zero-order valence-corrected chi connectivity index (χ0v) is 8.42. The average Bonchev–Trinajstić information content (AvgIpc) is 2.51. The van der Waals surface area contributed by atoms with Crippen molar-refractivity contribution < 1.29 is 0 Å². The molecule has 1 aromatic rings. The van der Waals surface area contributed by atoms with Crippen LogP contribution in [0.4, 0.5) is 0 Å². The molecule has 1 rings (SSSR count). The van der Waals surface area contributed by atoms with Gasteiger partial charge in [0.15, 0.2) is 5.82 Å². The normalized spacial score (nSPS) is 10.2. The highest BCUT2D eigenvalue weighted by molar-refractivity contribution is 7.80. The topological polar surface area (TPSA) is 69.6 Å². The third-order valence-corrected chi connectivity index (χ3v) is 1.93. The van der Waals surface area contributed by atoms with E-state index in [1.54, 1.807) is 4.68 Å². The molecule has 0 saturated heterocycles. The fourth-order valence-electron chi connectivity index (χ4n) is 1.07. The minimum atomic E-state index is 0.551. The van der Waals surface area contributed by atoms with Crippen LogP contribution < -0.4 is 5.73 Å². The average molecular weight is 199 g/mol. The number of hydrogen-bond acceptors (Lipinski definition) is 4. The third-order valence-electron chi connectivity index (χ3n) is 1.73. The van der Waals surface area contributed by atoms with Gasteiger partial charge in [-0.1, -0.05) is 12.2 Å². The summed E-state index contributed by atoms with van der Waals surface area (Å²) in [6, 6.07) is 0. The maximum atomic E-state index is 5.38. The number of tetrazole rings is 1. The number of nitrogens with two attached hydrogens (primary N) is 1. The van der Waals surface area contributed by atoms with Gasteiger partial charge in [0.05, 0.1) is 4.99 Å². The first-order chi connectivity index (χ1) is 6.24. The summed E-state index contributed by atoms with van der Waals surface area (Å²) in [5.41, 5.74) is 5.38. The molecule has 2 N–H and O–H groups in total. The maximum Gasteiger partial charge on any atom is 0.151 e. The van der Waals surface area contributed by atoms with Crippen molar-refractivity contribution in [3.8, 4) is 0 Å². The van der Waals surface area contributed by atoms with Gasteiger partial charge in [-0.05, 0) is 30.2 Å². The van der Waals surface area contributed by atoms with Crippen LogP contribution in [0.25, 0.3) is 0 Å². The molecule has 6 heteroatoms. The second-order valence-corrected chi connectivity index (χ2v) is 3.26. The highest BCUT2D eigenvalue weighted by Gasteiger charge is 2.03. The molecule has 0 spiro atoms. The molecule has 72 valence electrons. The van der Waals surface area contributed by atoms with Gasteiger partial charge in [-0.15, -0.1) is 5.10 Å². The summed E-state index contributed by atoms with van der Waals surface area (Å²) in [7, 11) is 0. The van der Waals surface area contributed by atoms with Crippen LogP contribution in [0, 0.1) is 0 Å². The van der Waals surface area contributed by atoms with Gasteiger partial charge < -0.3 is 5.73 Å². The molecule has 0 atom stereocenters. The highest BCUT2D eigenvalue weighted by Crippen LogP contribution is 2.00. The van der Waals surface area contributed by atoms with E-state index in [-0.39, 0.29) is 0 Å². The van der Waals surface area contributed by atoms with Crippen molar-refractivity contribution in [3.05, 3.63) is 5.82 Å². The molecule has 0 bridgehead atoms. The molecule has 0 aliphatic carbocycles. The quantitative estimate of drug-likeness (QED) is 0.691. The lowest BCUT2D eigenvalue weighted by atomic mass is 10.2. The number of nitrogens with zero attached hydrogens (tertiary/aromatic N) is 4. The molecule has 0 amide bonds. The lowest BCUT2D eigenvalue weighted by molar-refractivity contribution is 0.590. The number of aromatic nitrogens is 4. The van der Waals surface area contributed by atoms with Crippen LogP contribution in [-0.4, -0.2) is 25.2 Å². The molecular formula is C7H13N5S. The van der Waals surface area contributed by atoms with Gasteiger partial charge in [0.2, 0.25) is 0 Å². The van der Waals surface area contributed by atoms with Crippen LogP contribution >= 0.6 is 12.2 Å². The molecule has 5 nitrogen and oxygen atoms in total. The van der Waals surface area contributed by atoms with Crippen LogP contribution in [0.15, 0.2) is 0 Å². The molecule has 1 heterocycles. The standard InChI is InChI=1S/C7H13N5S/c1-2-12-7(9-10-11-12)5-3-4-6(8)13/h2-5H2,1H3,(H2,8,13). The summed E-state index contributed by atoms with van der Waals surface area (Å²) in [5, 5.41) is 11.3. The van der Waals surface area contributed by atoms with Crippen molar-refractivity contribution in [3.63, 3.8) is 0 Å². The lowest BCUT2D eigenvalue weighted by Gasteiger charge is -1.99. The van der Waals surface area contributed by atoms with Crippen LogP contribution in [0.1, 0.15) is 25.6 Å². The van der Waals surface area contributed by atoms with Gasteiger partial charge in [0, 0.05) is 13.0 Å². The van der Waals surface area contributed by atoms with Crippen LogP contribution in [0.5, 0.6) is 0 Å². The van der Waals surface area contributed by atoms with Crippen molar-refractivity contribution in [1.29, 1.82) is 0 Å². The van der Waals surface area contributed by atoms with Gasteiger partial charge in [0.25, 0.3) is 0 Å². The summed E-state index contributed by atoms with van der Waals surface area (Å²) in [6.45, 7) is 2.81. The Kier molecular flexibility index (Phi) is 3.75. The van der Waals surface area contributed by atoms with E-state index in [2.05, 4.69) is 15.5 Å². The van der Waals surface area contributed by atoms with E-state index in [1.165, 1.54) is 0 Å². The summed E-state index contributed by atoms with van der Waals surface area (Å²) in [6.07, 6.45) is 2.50. The van der Waals surface area contributed by atoms with Crippen molar-refractivity contribution in [1.82, 2.24) is 20.2 Å². The smallest absolute Gasteiger partial charge is 0.151 e. The molecule has 0 unspecified atom stereocenters. The van der Waals surface area contributed by atoms with Gasteiger partial charge in [-0.2, -0.15) is 0 Å². The highest BCUT2D eigenvalue weighted by atomic mass is 32.1. The van der Waals surface area contributed by atoms with E-state index in [4.69, 9.17) is 18.0 Å². The van der Waals surface area contributed by atoms with E-state index in [1.807, 2.05) is 6.92 Å². The minimum Gasteiger partial charge on any atom is -0.393 e. The summed E-state index contributed by atoms with van der Waals surface area (Å²) in [4.78, 5) is 0.551. The van der Waals surface area contributed by atoms with E-state index < -0.39 is 0 Å². The molecular weight excluding hydrogens is 186 g/mol. The van der Waals surface area contributed by atoms with Gasteiger partial charge in [-0.3, -0.25) is 0 Å². The number of thiocarbonyl (C=S) groups is 1. The molecule has 0 fully saturated rings. The van der Waals surface area contributed by atoms with E-state index >= 15 is 0 Å². The Morgan fingerprint density at radius 2 is 2.38 bits per heavy atom. The van der Waals surface area contributed by atoms with Crippen molar-refractivity contribution in [2.45, 2.75) is 32.7 Å². The maximum absolute atomic E-state index is 5.38. The second kappa shape index (κ2) is 4.86. The predicted molar refractivity (Wildman–Crippen MR) is 53.2 cm³/mol. The van der Waals surface area contributed by atoms with Crippen LogP contribution in [0.3, 0.4) is 0 Å². The fourth-order valence-corrected chi connectivity index (χ4v) is 1.21. The van der Waals surface area contributed by atoms with Gasteiger partial charge in [0.1, 0.15) is 0 Å². The summed E-state index contributed by atoms with van der Waals surface area (Å²) >= 11 is 4.77. The van der Waals surface area contributed by atoms with Crippen molar-refractivity contribution in [2.75, 3.05) is 0 Å². The van der Waals surface area contributed by atoms with E-state index in [0.29, 0.717) is 4.99 Å². The Morgan fingerprint density at radius 1 is 1.62 bits per heavy atom. The predicted octanol–water partition coefficient (Wildman–Crippen LogP) is 0.302. The second-order valence-electron chi connectivity index (χ2n) is 2.73. The first kappa shape index (κ1) is 10.0. The van der Waals surface area contributed by atoms with Crippen molar-refractivity contribution >= 4 is 17.2 Å². The fraction of sp³-hybridized carbons (Fsp3) is 0.714. The largest absolute Gasteiger partial charge is 0.393 e. The summed E-state index contributed by atoms with van der Waals surface area (Å²) in [5.74, 6) is 0.902. The Balaban J connectivity index is 2.40. The first-order valence-corrected chi connectivity index (χ1v) is 4.68. The van der Waals surface area contributed by atoms with E-state index in [0.717, 1.165) is 31.6 Å². The summed E-state index contributed by atoms with van der Waals surface area (Å²) < 4.78 is 1.78. The number of rotatable bonds is 5. The molecule has 0 aromatic carbocycles. The lowest BCUT2D eigenvalue weighted by Crippen LogP contribution is -2.09. The molecule has 0 saturated carbocycles. The van der Waals surface area contributed by atoms with Gasteiger partial charge in [-0.25, -0.2) is 4.68 Å². The molecule has 1 aromatic heterocycles. The number of aryl methyl sites for hydroxylation is 2. The van der Waals surface area contributed by atoms with Crippen molar-refractivity contribution in [2.24, 2.45) is 5.73 Å². The Hall–Kier alpha value is -1.04. The zero-order valence-electron chi connectivity index (χ0n) is 7.60. The minimum absolute atomic E-state index is 0.551. The Labute approximate surface area is 82.3 Å².